The first-order valence-corrected chi connectivity index (χ1v) is 6.65. The van der Waals surface area contributed by atoms with Crippen LogP contribution in [0.5, 0.6) is 0 Å². The van der Waals surface area contributed by atoms with Gasteiger partial charge >= 0.3 is 0 Å². The highest BCUT2D eigenvalue weighted by molar-refractivity contribution is 6.30. The van der Waals surface area contributed by atoms with Crippen LogP contribution in [-0.2, 0) is 7.05 Å². The highest BCUT2D eigenvalue weighted by Gasteiger charge is 2.22. The summed E-state index contributed by atoms with van der Waals surface area (Å²) >= 11 is 5.94. The summed E-state index contributed by atoms with van der Waals surface area (Å²) in [5.41, 5.74) is 3.53. The Morgan fingerprint density at radius 1 is 1.33 bits per heavy atom. The molecule has 0 spiro atoms. The minimum absolute atomic E-state index is 0.386. The lowest BCUT2D eigenvalue weighted by molar-refractivity contribution is 0.607. The fraction of sp³-hybridized carbons (Fsp3) is 0.357. The largest absolute Gasteiger partial charge is 0.309 e. The minimum Gasteiger partial charge on any atom is -0.309 e. The van der Waals surface area contributed by atoms with Gasteiger partial charge in [-0.1, -0.05) is 23.7 Å². The molecule has 1 atom stereocenters. The minimum atomic E-state index is 0.386. The molecule has 18 heavy (non-hydrogen) atoms. The van der Waals surface area contributed by atoms with Crippen LogP contribution in [0.2, 0.25) is 5.02 Å². The predicted molar refractivity (Wildman–Crippen MR) is 73.6 cm³/mol. The highest BCUT2D eigenvalue weighted by atomic mass is 35.5. The number of hydrogen-bond donors (Lipinski definition) is 1. The van der Waals surface area contributed by atoms with E-state index in [0.29, 0.717) is 6.04 Å². The van der Waals surface area contributed by atoms with Gasteiger partial charge in [-0.15, -0.1) is 0 Å². The van der Waals surface area contributed by atoms with Gasteiger partial charge < -0.3 is 5.32 Å². The molecule has 4 heteroatoms. The smallest absolute Gasteiger partial charge is 0.0872 e. The summed E-state index contributed by atoms with van der Waals surface area (Å²) in [5.74, 6) is 0. The zero-order valence-electron chi connectivity index (χ0n) is 10.4. The first kappa shape index (κ1) is 11.8. The van der Waals surface area contributed by atoms with Gasteiger partial charge in [0.2, 0.25) is 0 Å². The van der Waals surface area contributed by atoms with E-state index in [1.54, 1.807) is 0 Å². The number of aromatic nitrogens is 2. The van der Waals surface area contributed by atoms with Gasteiger partial charge in [-0.2, -0.15) is 5.10 Å². The zero-order chi connectivity index (χ0) is 12.5. The van der Waals surface area contributed by atoms with E-state index >= 15 is 0 Å². The van der Waals surface area contributed by atoms with Crippen LogP contribution < -0.4 is 5.32 Å². The maximum atomic E-state index is 5.94. The zero-order valence-corrected chi connectivity index (χ0v) is 11.1. The topological polar surface area (TPSA) is 29.9 Å². The molecule has 3 nitrogen and oxygen atoms in total. The summed E-state index contributed by atoms with van der Waals surface area (Å²) in [4.78, 5) is 0. The number of nitrogens with zero attached hydrogens (tertiary/aromatic N) is 2. The molecular weight excluding hydrogens is 246 g/mol. The standard InChI is InChI=1S/C14H16ClN3/c1-18-9-12(10-4-6-11(15)7-5-10)14(17-18)13-3-2-8-16-13/h4-7,9,13,16H,2-3,8H2,1H3. The van der Waals surface area contributed by atoms with Gasteiger partial charge in [0.1, 0.15) is 0 Å². The van der Waals surface area contributed by atoms with Crippen molar-refractivity contribution in [2.45, 2.75) is 18.9 Å². The molecule has 1 aromatic carbocycles. The number of halogens is 1. The van der Waals surface area contributed by atoms with E-state index in [9.17, 15) is 0 Å². The van der Waals surface area contributed by atoms with E-state index in [0.717, 1.165) is 23.7 Å². The molecule has 1 aliphatic heterocycles. The number of rotatable bonds is 2. The Kier molecular flexibility index (Phi) is 3.10. The third kappa shape index (κ3) is 2.16. The molecule has 2 heterocycles. The summed E-state index contributed by atoms with van der Waals surface area (Å²) in [7, 11) is 1.97. The van der Waals surface area contributed by atoms with Gasteiger partial charge in [-0.25, -0.2) is 0 Å². The first-order valence-electron chi connectivity index (χ1n) is 6.27. The quantitative estimate of drug-likeness (QED) is 0.900. The molecule has 0 amide bonds. The first-order chi connectivity index (χ1) is 8.74. The maximum absolute atomic E-state index is 5.94. The van der Waals surface area contributed by atoms with E-state index in [2.05, 4.69) is 28.7 Å². The van der Waals surface area contributed by atoms with Gasteiger partial charge in [-0.3, -0.25) is 4.68 Å². The van der Waals surface area contributed by atoms with Crippen molar-refractivity contribution in [1.82, 2.24) is 15.1 Å². The fourth-order valence-corrected chi connectivity index (χ4v) is 2.66. The van der Waals surface area contributed by atoms with Crippen LogP contribution in [0.3, 0.4) is 0 Å². The molecule has 1 aliphatic rings. The molecule has 0 aliphatic carbocycles. The van der Waals surface area contributed by atoms with Gasteiger partial charge in [0, 0.05) is 23.8 Å². The molecule has 2 aromatic rings. The second-order valence-corrected chi connectivity index (χ2v) is 5.19. The lowest BCUT2D eigenvalue weighted by Gasteiger charge is -2.09. The van der Waals surface area contributed by atoms with Gasteiger partial charge in [-0.05, 0) is 37.1 Å². The highest BCUT2D eigenvalue weighted by Crippen LogP contribution is 2.31. The SMILES string of the molecule is Cn1cc(-c2ccc(Cl)cc2)c(C2CCCN2)n1. The second kappa shape index (κ2) is 4.75. The van der Waals surface area contributed by atoms with Crippen molar-refractivity contribution in [3.63, 3.8) is 0 Å². The average molecular weight is 262 g/mol. The molecule has 3 rings (SSSR count). The van der Waals surface area contributed by atoms with Crippen molar-refractivity contribution in [2.24, 2.45) is 7.05 Å². The van der Waals surface area contributed by atoms with Crippen LogP contribution in [0, 0.1) is 0 Å². The van der Waals surface area contributed by atoms with Gasteiger partial charge in [0.05, 0.1) is 11.7 Å². The lowest BCUT2D eigenvalue weighted by atomic mass is 10.0. The Bertz CT molecular complexity index is 539. The van der Waals surface area contributed by atoms with Crippen molar-refractivity contribution in [1.29, 1.82) is 0 Å². The molecule has 0 bridgehead atoms. The maximum Gasteiger partial charge on any atom is 0.0872 e. The van der Waals surface area contributed by atoms with Gasteiger partial charge in [0.15, 0.2) is 0 Å². The van der Waals surface area contributed by atoms with Crippen LogP contribution in [0.4, 0.5) is 0 Å². The monoisotopic (exact) mass is 261 g/mol. The predicted octanol–water partition coefficient (Wildman–Crippen LogP) is 3.17. The van der Waals surface area contributed by atoms with E-state index in [1.807, 2.05) is 23.9 Å². The summed E-state index contributed by atoms with van der Waals surface area (Å²) in [6.45, 7) is 1.08. The van der Waals surface area contributed by atoms with E-state index in [-0.39, 0.29) is 0 Å². The number of hydrogen-bond acceptors (Lipinski definition) is 2. The molecule has 1 fully saturated rings. The number of benzene rings is 1. The van der Waals surface area contributed by atoms with E-state index in [1.165, 1.54) is 17.5 Å². The van der Waals surface area contributed by atoms with Crippen LogP contribution in [0.1, 0.15) is 24.6 Å². The van der Waals surface area contributed by atoms with E-state index in [4.69, 9.17) is 11.6 Å². The van der Waals surface area contributed by atoms with E-state index < -0.39 is 0 Å². The van der Waals surface area contributed by atoms with Crippen LogP contribution >= 0.6 is 11.6 Å². The molecule has 1 N–H and O–H groups in total. The lowest BCUT2D eigenvalue weighted by Crippen LogP contribution is -2.14. The molecule has 0 saturated carbocycles. The number of aryl methyl sites for hydroxylation is 1. The summed E-state index contributed by atoms with van der Waals surface area (Å²) < 4.78 is 1.89. The number of nitrogens with one attached hydrogen (secondary N) is 1. The fourth-order valence-electron chi connectivity index (χ4n) is 2.53. The molecule has 94 valence electrons. The Morgan fingerprint density at radius 2 is 2.11 bits per heavy atom. The van der Waals surface area contributed by atoms with Crippen molar-refractivity contribution < 1.29 is 0 Å². The Hall–Kier alpha value is -1.32. The van der Waals surface area contributed by atoms with Crippen molar-refractivity contribution in [2.75, 3.05) is 6.54 Å². The Labute approximate surface area is 112 Å². The molecule has 0 radical (unpaired) electrons. The third-order valence-electron chi connectivity index (χ3n) is 3.40. The second-order valence-electron chi connectivity index (χ2n) is 4.76. The Morgan fingerprint density at radius 3 is 2.78 bits per heavy atom. The summed E-state index contributed by atoms with van der Waals surface area (Å²) in [6, 6.07) is 8.35. The van der Waals surface area contributed by atoms with Crippen molar-refractivity contribution in [3.8, 4) is 11.1 Å². The summed E-state index contributed by atoms with van der Waals surface area (Å²) in [6.07, 6.45) is 4.47. The van der Waals surface area contributed by atoms with Crippen LogP contribution in [0.15, 0.2) is 30.5 Å². The van der Waals surface area contributed by atoms with Crippen LogP contribution in [-0.4, -0.2) is 16.3 Å². The molecule has 1 saturated heterocycles. The van der Waals surface area contributed by atoms with Gasteiger partial charge in [0.25, 0.3) is 0 Å². The average Bonchev–Trinajstić information content (AvgIpc) is 2.98. The molecular formula is C14H16ClN3. The molecule has 1 unspecified atom stereocenters. The normalized spacial score (nSPS) is 19.3. The summed E-state index contributed by atoms with van der Waals surface area (Å²) in [5, 5.41) is 8.89. The third-order valence-corrected chi connectivity index (χ3v) is 3.65. The molecule has 1 aromatic heterocycles. The van der Waals surface area contributed by atoms with Crippen LogP contribution in [0.25, 0.3) is 11.1 Å². The van der Waals surface area contributed by atoms with Crippen molar-refractivity contribution >= 4 is 11.6 Å². The van der Waals surface area contributed by atoms with Crippen molar-refractivity contribution in [3.05, 3.63) is 41.2 Å². The Balaban J connectivity index is 2.02.